The molecular weight excluding hydrogens is 276 g/mol. The molecule has 0 spiro atoms. The lowest BCUT2D eigenvalue weighted by molar-refractivity contribution is 0.321. The number of hydrogen-bond donors (Lipinski definition) is 0. The van der Waals surface area contributed by atoms with Crippen molar-refractivity contribution in [1.82, 2.24) is 24.7 Å². The summed E-state index contributed by atoms with van der Waals surface area (Å²) in [7, 11) is 0. The molecule has 1 aliphatic rings. The molecule has 1 saturated heterocycles. The van der Waals surface area contributed by atoms with Gasteiger partial charge in [-0.05, 0) is 35.9 Å². The lowest BCUT2D eigenvalue weighted by Crippen LogP contribution is -2.39. The monoisotopic (exact) mass is 292 g/mol. The summed E-state index contributed by atoms with van der Waals surface area (Å²) >= 11 is 6.02. The van der Waals surface area contributed by atoms with Gasteiger partial charge >= 0.3 is 0 Å². The molecule has 2 aromatic heterocycles. The smallest absolute Gasteiger partial charge is 0.256 e. The van der Waals surface area contributed by atoms with Crippen LogP contribution in [-0.4, -0.2) is 37.8 Å². The van der Waals surface area contributed by atoms with Crippen LogP contribution in [0.1, 0.15) is 20.3 Å². The third-order valence-electron chi connectivity index (χ3n) is 3.91. The zero-order chi connectivity index (χ0) is 14.1. The van der Waals surface area contributed by atoms with Crippen LogP contribution in [0.4, 0.5) is 5.95 Å². The van der Waals surface area contributed by atoms with Gasteiger partial charge in [0, 0.05) is 25.5 Å². The van der Waals surface area contributed by atoms with Gasteiger partial charge in [0.1, 0.15) is 0 Å². The first-order valence-electron chi connectivity index (χ1n) is 6.80. The van der Waals surface area contributed by atoms with Crippen molar-refractivity contribution in [3.8, 4) is 5.95 Å². The molecule has 2 atom stereocenters. The average molecular weight is 293 g/mol. The van der Waals surface area contributed by atoms with E-state index >= 15 is 0 Å². The normalized spacial score (nSPS) is 23.1. The molecule has 6 nitrogen and oxygen atoms in total. The Bertz CT molecular complexity index is 585. The molecule has 0 bridgehead atoms. The van der Waals surface area contributed by atoms with Gasteiger partial charge in [0.05, 0.1) is 0 Å². The van der Waals surface area contributed by atoms with Crippen LogP contribution in [0.15, 0.2) is 18.5 Å². The minimum atomic E-state index is 0.201. The third-order valence-corrected chi connectivity index (χ3v) is 4.08. The standard InChI is InChI=1S/C13H17ClN6/c1-9-4-7-19(8-10(9)2)12-16-11(14)17-13(18-12)20-6-3-5-15-20/h3,5-6,9-10H,4,7-8H2,1-2H3. The fourth-order valence-electron chi connectivity index (χ4n) is 2.40. The van der Waals surface area contributed by atoms with Crippen LogP contribution in [0.5, 0.6) is 0 Å². The Morgan fingerprint density at radius 1 is 1.15 bits per heavy atom. The summed E-state index contributed by atoms with van der Waals surface area (Å²) in [6.45, 7) is 6.44. The van der Waals surface area contributed by atoms with E-state index in [2.05, 4.69) is 38.8 Å². The van der Waals surface area contributed by atoms with E-state index in [0.29, 0.717) is 17.8 Å². The molecular formula is C13H17ClN6. The van der Waals surface area contributed by atoms with Gasteiger partial charge < -0.3 is 4.90 Å². The zero-order valence-corrected chi connectivity index (χ0v) is 12.3. The summed E-state index contributed by atoms with van der Waals surface area (Å²) in [4.78, 5) is 15.0. The molecule has 2 unspecified atom stereocenters. The summed E-state index contributed by atoms with van der Waals surface area (Å²) < 4.78 is 1.59. The van der Waals surface area contributed by atoms with Crippen LogP contribution in [0.3, 0.4) is 0 Å². The van der Waals surface area contributed by atoms with Crippen LogP contribution >= 0.6 is 11.6 Å². The Morgan fingerprint density at radius 3 is 2.65 bits per heavy atom. The van der Waals surface area contributed by atoms with E-state index in [1.54, 1.807) is 17.1 Å². The van der Waals surface area contributed by atoms with Gasteiger partial charge in [0.2, 0.25) is 11.2 Å². The van der Waals surface area contributed by atoms with Crippen molar-refractivity contribution < 1.29 is 0 Å². The van der Waals surface area contributed by atoms with Crippen LogP contribution < -0.4 is 4.90 Å². The molecule has 2 aromatic rings. The van der Waals surface area contributed by atoms with E-state index in [0.717, 1.165) is 25.4 Å². The number of hydrogen-bond acceptors (Lipinski definition) is 5. The summed E-state index contributed by atoms with van der Waals surface area (Å²) in [5.41, 5.74) is 0. The maximum atomic E-state index is 6.02. The zero-order valence-electron chi connectivity index (χ0n) is 11.6. The Hall–Kier alpha value is -1.69. The molecule has 1 aliphatic heterocycles. The molecule has 0 amide bonds. The van der Waals surface area contributed by atoms with Gasteiger partial charge in [0.25, 0.3) is 5.95 Å². The predicted octanol–water partition coefficient (Wildman–Crippen LogP) is 2.19. The van der Waals surface area contributed by atoms with Crippen molar-refractivity contribution in [3.63, 3.8) is 0 Å². The maximum absolute atomic E-state index is 6.02. The summed E-state index contributed by atoms with van der Waals surface area (Å²) in [6, 6.07) is 1.82. The van der Waals surface area contributed by atoms with Crippen molar-refractivity contribution >= 4 is 17.5 Å². The van der Waals surface area contributed by atoms with E-state index in [9.17, 15) is 0 Å². The number of rotatable bonds is 2. The Balaban J connectivity index is 1.90. The van der Waals surface area contributed by atoms with Crippen molar-refractivity contribution in [2.24, 2.45) is 11.8 Å². The molecule has 0 aromatic carbocycles. The van der Waals surface area contributed by atoms with E-state index in [1.807, 2.05) is 6.07 Å². The van der Waals surface area contributed by atoms with Gasteiger partial charge in [-0.1, -0.05) is 13.8 Å². The van der Waals surface area contributed by atoms with Gasteiger partial charge in [0.15, 0.2) is 0 Å². The Kier molecular flexibility index (Phi) is 3.56. The molecule has 3 heterocycles. The first kappa shape index (κ1) is 13.3. The predicted molar refractivity (Wildman–Crippen MR) is 77.1 cm³/mol. The number of piperidine rings is 1. The van der Waals surface area contributed by atoms with E-state index < -0.39 is 0 Å². The summed E-state index contributed by atoms with van der Waals surface area (Å²) in [6.07, 6.45) is 4.61. The summed E-state index contributed by atoms with van der Waals surface area (Å²) in [5.74, 6) is 2.44. The van der Waals surface area contributed by atoms with Crippen LogP contribution in [0, 0.1) is 11.8 Å². The molecule has 0 N–H and O–H groups in total. The highest BCUT2D eigenvalue weighted by molar-refractivity contribution is 6.28. The van der Waals surface area contributed by atoms with Crippen molar-refractivity contribution in [2.45, 2.75) is 20.3 Å². The first-order chi connectivity index (χ1) is 9.63. The molecule has 106 valence electrons. The van der Waals surface area contributed by atoms with Crippen molar-refractivity contribution in [1.29, 1.82) is 0 Å². The number of nitrogens with zero attached hydrogens (tertiary/aromatic N) is 6. The second-order valence-corrected chi connectivity index (χ2v) is 5.68. The van der Waals surface area contributed by atoms with E-state index in [-0.39, 0.29) is 5.28 Å². The Labute approximate surface area is 122 Å². The van der Waals surface area contributed by atoms with Crippen LogP contribution in [0.2, 0.25) is 5.28 Å². The number of anilines is 1. The van der Waals surface area contributed by atoms with Gasteiger partial charge in [-0.15, -0.1) is 0 Å². The molecule has 0 saturated carbocycles. The quantitative estimate of drug-likeness (QED) is 0.849. The van der Waals surface area contributed by atoms with Crippen LogP contribution in [-0.2, 0) is 0 Å². The Morgan fingerprint density at radius 2 is 1.95 bits per heavy atom. The highest BCUT2D eigenvalue weighted by Gasteiger charge is 2.25. The summed E-state index contributed by atoms with van der Waals surface area (Å²) in [5, 5.41) is 4.33. The fraction of sp³-hybridized carbons (Fsp3) is 0.538. The highest BCUT2D eigenvalue weighted by atomic mass is 35.5. The van der Waals surface area contributed by atoms with E-state index in [4.69, 9.17) is 11.6 Å². The fourth-order valence-corrected chi connectivity index (χ4v) is 2.56. The number of halogens is 1. The van der Waals surface area contributed by atoms with Gasteiger partial charge in [-0.3, -0.25) is 0 Å². The maximum Gasteiger partial charge on any atom is 0.256 e. The lowest BCUT2D eigenvalue weighted by Gasteiger charge is -2.35. The lowest BCUT2D eigenvalue weighted by atomic mass is 9.89. The molecule has 1 fully saturated rings. The average Bonchev–Trinajstić information content (AvgIpc) is 2.95. The SMILES string of the molecule is CC1CCN(c2nc(Cl)nc(-n3cccn3)n2)CC1C. The van der Waals surface area contributed by atoms with E-state index in [1.165, 1.54) is 0 Å². The molecule has 0 radical (unpaired) electrons. The second kappa shape index (κ2) is 5.36. The van der Waals surface area contributed by atoms with Crippen LogP contribution in [0.25, 0.3) is 5.95 Å². The molecule has 7 heteroatoms. The minimum Gasteiger partial charge on any atom is -0.340 e. The molecule has 20 heavy (non-hydrogen) atoms. The molecule has 0 aliphatic carbocycles. The largest absolute Gasteiger partial charge is 0.340 e. The topological polar surface area (TPSA) is 59.7 Å². The number of aromatic nitrogens is 5. The molecule has 3 rings (SSSR count). The first-order valence-corrected chi connectivity index (χ1v) is 7.18. The highest BCUT2D eigenvalue weighted by Crippen LogP contribution is 2.25. The van der Waals surface area contributed by atoms with Crippen molar-refractivity contribution in [2.75, 3.05) is 18.0 Å². The minimum absolute atomic E-state index is 0.201. The van der Waals surface area contributed by atoms with Crippen molar-refractivity contribution in [3.05, 3.63) is 23.7 Å². The van der Waals surface area contributed by atoms with Gasteiger partial charge in [-0.2, -0.15) is 20.1 Å². The third kappa shape index (κ3) is 2.60. The second-order valence-electron chi connectivity index (χ2n) is 5.34. The van der Waals surface area contributed by atoms with Gasteiger partial charge in [-0.25, -0.2) is 4.68 Å².